The summed E-state index contributed by atoms with van der Waals surface area (Å²) in [6, 6.07) is 14.8. The van der Waals surface area contributed by atoms with E-state index in [1.54, 1.807) is 61.5 Å². The zero-order valence-electron chi connectivity index (χ0n) is 15.4. The number of nitrogens with one attached hydrogen (secondary N) is 2. The molecule has 2 N–H and O–H groups in total. The Morgan fingerprint density at radius 1 is 0.897 bits per heavy atom. The molecule has 2 aromatic carbocycles. The Morgan fingerprint density at radius 2 is 1.59 bits per heavy atom. The lowest BCUT2D eigenvalue weighted by molar-refractivity contribution is -0.122. The van der Waals surface area contributed by atoms with E-state index in [-0.39, 0.29) is 11.8 Å². The van der Waals surface area contributed by atoms with Crippen molar-refractivity contribution in [1.29, 1.82) is 0 Å². The second-order valence-corrected chi connectivity index (χ2v) is 7.00. The number of pyridine rings is 1. The molecule has 29 heavy (non-hydrogen) atoms. The molecule has 3 aromatic rings. The van der Waals surface area contributed by atoms with Gasteiger partial charge in [-0.15, -0.1) is 0 Å². The number of rotatable bonds is 6. The lowest BCUT2D eigenvalue weighted by Crippen LogP contribution is -2.30. The molecule has 1 atom stereocenters. The minimum absolute atomic E-state index is 0.303. The van der Waals surface area contributed by atoms with Crippen molar-refractivity contribution in [1.82, 2.24) is 4.98 Å². The van der Waals surface area contributed by atoms with Crippen LogP contribution in [0.3, 0.4) is 0 Å². The zero-order chi connectivity index (χ0) is 20.8. The van der Waals surface area contributed by atoms with Crippen LogP contribution in [0.5, 0.6) is 5.75 Å². The van der Waals surface area contributed by atoms with Gasteiger partial charge < -0.3 is 15.4 Å². The average Bonchev–Trinajstić information content (AvgIpc) is 2.70. The van der Waals surface area contributed by atoms with Gasteiger partial charge in [-0.05, 0) is 61.5 Å². The lowest BCUT2D eigenvalue weighted by Gasteiger charge is -2.15. The number of hydrogen-bond acceptors (Lipinski definition) is 4. The topological polar surface area (TPSA) is 80.3 Å². The van der Waals surface area contributed by atoms with E-state index in [0.29, 0.717) is 32.7 Å². The summed E-state index contributed by atoms with van der Waals surface area (Å²) in [5.41, 5.74) is 1.54. The molecule has 148 valence electrons. The van der Waals surface area contributed by atoms with E-state index in [9.17, 15) is 9.59 Å². The first-order valence-corrected chi connectivity index (χ1v) is 9.41. The Kier molecular flexibility index (Phi) is 6.69. The SMILES string of the molecule is C[C@H](Oc1ccc(C(=O)Nc2cncc(Cl)c2)cc1)C(=O)Nc1ccc(Cl)cc1. The average molecular weight is 430 g/mol. The van der Waals surface area contributed by atoms with Crippen molar-refractivity contribution >= 4 is 46.4 Å². The molecule has 1 aromatic heterocycles. The number of ether oxygens (including phenoxy) is 1. The van der Waals surface area contributed by atoms with E-state index in [0.717, 1.165) is 0 Å². The van der Waals surface area contributed by atoms with Crippen LogP contribution in [-0.2, 0) is 4.79 Å². The van der Waals surface area contributed by atoms with Crippen molar-refractivity contribution in [2.24, 2.45) is 0 Å². The van der Waals surface area contributed by atoms with Crippen molar-refractivity contribution < 1.29 is 14.3 Å². The monoisotopic (exact) mass is 429 g/mol. The van der Waals surface area contributed by atoms with E-state index in [1.807, 2.05) is 0 Å². The minimum Gasteiger partial charge on any atom is -0.481 e. The molecule has 0 unspecified atom stereocenters. The molecule has 0 spiro atoms. The molecule has 0 bridgehead atoms. The van der Waals surface area contributed by atoms with Crippen molar-refractivity contribution in [3.05, 3.63) is 82.6 Å². The van der Waals surface area contributed by atoms with Crippen LogP contribution in [0, 0.1) is 0 Å². The number of aromatic nitrogens is 1. The summed E-state index contributed by atoms with van der Waals surface area (Å²) in [6.45, 7) is 1.64. The first-order chi connectivity index (χ1) is 13.9. The van der Waals surface area contributed by atoms with Gasteiger partial charge in [0.25, 0.3) is 11.8 Å². The highest BCUT2D eigenvalue weighted by atomic mass is 35.5. The van der Waals surface area contributed by atoms with Gasteiger partial charge in [-0.25, -0.2) is 0 Å². The molecule has 0 aliphatic carbocycles. The van der Waals surface area contributed by atoms with E-state index in [4.69, 9.17) is 27.9 Å². The first-order valence-electron chi connectivity index (χ1n) is 8.66. The third-order valence-corrected chi connectivity index (χ3v) is 4.33. The second kappa shape index (κ2) is 9.41. The largest absolute Gasteiger partial charge is 0.481 e. The number of anilines is 2. The van der Waals surface area contributed by atoms with Crippen molar-refractivity contribution in [2.75, 3.05) is 10.6 Å². The lowest BCUT2D eigenvalue weighted by atomic mass is 10.2. The predicted molar refractivity (Wildman–Crippen MR) is 114 cm³/mol. The van der Waals surface area contributed by atoms with Gasteiger partial charge in [0.2, 0.25) is 0 Å². The van der Waals surface area contributed by atoms with E-state index >= 15 is 0 Å². The van der Waals surface area contributed by atoms with Crippen LogP contribution >= 0.6 is 23.2 Å². The van der Waals surface area contributed by atoms with Gasteiger partial charge >= 0.3 is 0 Å². The molecular weight excluding hydrogens is 413 g/mol. The zero-order valence-corrected chi connectivity index (χ0v) is 16.9. The van der Waals surface area contributed by atoms with Gasteiger partial charge in [0.15, 0.2) is 6.10 Å². The fourth-order valence-corrected chi connectivity index (χ4v) is 2.70. The Hall–Kier alpha value is -3.09. The summed E-state index contributed by atoms with van der Waals surface area (Å²) in [4.78, 5) is 28.5. The Morgan fingerprint density at radius 3 is 2.24 bits per heavy atom. The van der Waals surface area contributed by atoms with Crippen LogP contribution in [-0.4, -0.2) is 22.9 Å². The third-order valence-electron chi connectivity index (χ3n) is 3.87. The van der Waals surface area contributed by atoms with Crippen LogP contribution in [0.25, 0.3) is 0 Å². The van der Waals surface area contributed by atoms with Gasteiger partial charge in [0, 0.05) is 22.5 Å². The normalized spacial score (nSPS) is 11.4. The molecule has 6 nitrogen and oxygen atoms in total. The summed E-state index contributed by atoms with van der Waals surface area (Å²) in [5.74, 6) is -0.151. The van der Waals surface area contributed by atoms with Crippen LogP contribution in [0.4, 0.5) is 11.4 Å². The summed E-state index contributed by atoms with van der Waals surface area (Å²) in [6.07, 6.45) is 2.25. The number of carbonyl (C=O) groups excluding carboxylic acids is 2. The maximum absolute atomic E-state index is 12.3. The number of hydrogen-bond donors (Lipinski definition) is 2. The van der Waals surface area contributed by atoms with Crippen molar-refractivity contribution in [3.8, 4) is 5.75 Å². The Bertz CT molecular complexity index is 1010. The van der Waals surface area contributed by atoms with Crippen molar-refractivity contribution in [3.63, 3.8) is 0 Å². The van der Waals surface area contributed by atoms with Crippen LogP contribution in [0.15, 0.2) is 67.0 Å². The molecule has 0 radical (unpaired) electrons. The first kappa shape index (κ1) is 20.6. The molecule has 2 amide bonds. The van der Waals surface area contributed by atoms with E-state index in [2.05, 4.69) is 15.6 Å². The number of halogens is 2. The molecule has 0 aliphatic heterocycles. The molecule has 0 saturated carbocycles. The molecule has 0 fully saturated rings. The maximum atomic E-state index is 12.3. The predicted octanol–water partition coefficient (Wildman–Crippen LogP) is 5.05. The number of carbonyl (C=O) groups is 2. The fraction of sp³-hybridized carbons (Fsp3) is 0.0952. The van der Waals surface area contributed by atoms with E-state index < -0.39 is 6.10 Å². The quantitative estimate of drug-likeness (QED) is 0.574. The van der Waals surface area contributed by atoms with Gasteiger partial charge in [-0.2, -0.15) is 0 Å². The maximum Gasteiger partial charge on any atom is 0.265 e. The summed E-state index contributed by atoms with van der Waals surface area (Å²) in [7, 11) is 0. The highest BCUT2D eigenvalue weighted by Crippen LogP contribution is 2.18. The highest BCUT2D eigenvalue weighted by Gasteiger charge is 2.15. The smallest absolute Gasteiger partial charge is 0.265 e. The number of nitrogens with zero attached hydrogens (tertiary/aromatic N) is 1. The van der Waals surface area contributed by atoms with E-state index in [1.165, 1.54) is 12.4 Å². The standard InChI is InChI=1S/C21H17Cl2N3O3/c1-13(20(27)25-17-6-4-15(22)5-7-17)29-19-8-2-14(3-9-19)21(28)26-18-10-16(23)11-24-12-18/h2-13H,1H3,(H,25,27)(H,26,28)/t13-/m0/s1. The van der Waals surface area contributed by atoms with Gasteiger partial charge in [-0.3, -0.25) is 14.6 Å². The molecule has 0 aliphatic rings. The third kappa shape index (κ3) is 5.94. The van der Waals surface area contributed by atoms with Crippen LogP contribution < -0.4 is 15.4 Å². The molecule has 1 heterocycles. The summed E-state index contributed by atoms with van der Waals surface area (Å²) < 4.78 is 5.64. The number of benzene rings is 2. The van der Waals surface area contributed by atoms with Crippen molar-refractivity contribution in [2.45, 2.75) is 13.0 Å². The highest BCUT2D eigenvalue weighted by molar-refractivity contribution is 6.31. The van der Waals surface area contributed by atoms with Gasteiger partial charge in [-0.1, -0.05) is 23.2 Å². The molecule has 3 rings (SSSR count). The summed E-state index contributed by atoms with van der Waals surface area (Å²) in [5, 5.41) is 6.47. The summed E-state index contributed by atoms with van der Waals surface area (Å²) >= 11 is 11.7. The Balaban J connectivity index is 1.57. The second-order valence-electron chi connectivity index (χ2n) is 6.13. The molecule has 8 heteroatoms. The van der Waals surface area contributed by atoms with Gasteiger partial charge in [0.05, 0.1) is 16.9 Å². The Labute approximate surface area is 177 Å². The van der Waals surface area contributed by atoms with Gasteiger partial charge in [0.1, 0.15) is 5.75 Å². The van der Waals surface area contributed by atoms with Crippen LogP contribution in [0.2, 0.25) is 10.0 Å². The molecular formula is C21H17Cl2N3O3. The minimum atomic E-state index is -0.733. The fourth-order valence-electron chi connectivity index (χ4n) is 2.40. The number of amides is 2. The molecule has 0 saturated heterocycles. The van der Waals surface area contributed by atoms with Crippen LogP contribution in [0.1, 0.15) is 17.3 Å².